The molecular weight excluding hydrogens is 573 g/mol. The van der Waals surface area contributed by atoms with Crippen LogP contribution in [0.15, 0.2) is 77.7 Å². The van der Waals surface area contributed by atoms with Gasteiger partial charge in [-0.05, 0) is 53.1 Å². The largest absolute Gasteiger partial charge is 0.416 e. The zero-order chi connectivity index (χ0) is 23.9. The predicted octanol–water partition coefficient (Wildman–Crippen LogP) is 6.70. The summed E-state index contributed by atoms with van der Waals surface area (Å²) in [4.78, 5) is -0.403. The summed E-state index contributed by atoms with van der Waals surface area (Å²) in [7, 11) is -4.49. The lowest BCUT2D eigenvalue weighted by molar-refractivity contribution is -0.138. The first-order valence-corrected chi connectivity index (χ1v) is 11.3. The van der Waals surface area contributed by atoms with E-state index in [9.17, 15) is 39.3 Å². The summed E-state index contributed by atoms with van der Waals surface area (Å²) in [5.74, 6) is 0. The highest BCUT2D eigenvalue weighted by atomic mass is 127. The van der Waals surface area contributed by atoms with Crippen LogP contribution in [0.5, 0.6) is 0 Å². The average molecular weight is 586 g/mol. The van der Waals surface area contributed by atoms with Crippen LogP contribution in [0.2, 0.25) is 0 Å². The minimum absolute atomic E-state index is 0.325. The van der Waals surface area contributed by atoms with E-state index in [0.717, 1.165) is 36.4 Å². The van der Waals surface area contributed by atoms with Crippen LogP contribution in [0, 0.1) is 0 Å². The Kier molecular flexibility index (Phi) is 6.39. The summed E-state index contributed by atoms with van der Waals surface area (Å²) < 4.78 is 109. The first-order valence-electron chi connectivity index (χ1n) is 8.76. The molecular formula is C21H13F6IO3S. The van der Waals surface area contributed by atoms with E-state index in [0.29, 0.717) is 16.7 Å². The average Bonchev–Trinajstić information content (AvgIpc) is 2.71. The molecule has 3 aromatic carbocycles. The second-order valence-corrected chi connectivity index (χ2v) is 9.85. The second kappa shape index (κ2) is 8.34. The summed E-state index contributed by atoms with van der Waals surface area (Å²) in [5.41, 5.74) is -0.760. The first-order chi connectivity index (χ1) is 14.6. The van der Waals surface area contributed by atoms with Crippen molar-refractivity contribution < 1.29 is 39.3 Å². The van der Waals surface area contributed by atoms with Crippen molar-refractivity contribution in [2.45, 2.75) is 20.7 Å². The van der Waals surface area contributed by atoms with Crippen LogP contribution < -0.4 is 0 Å². The van der Waals surface area contributed by atoms with Gasteiger partial charge in [0.25, 0.3) is 10.1 Å². The van der Waals surface area contributed by atoms with Crippen molar-refractivity contribution in [1.29, 1.82) is 0 Å². The molecule has 0 atom stereocenters. The van der Waals surface area contributed by atoms with Crippen molar-refractivity contribution in [2.75, 3.05) is 0 Å². The quantitative estimate of drug-likeness (QED) is 0.122. The Labute approximate surface area is 193 Å². The summed E-state index contributed by atoms with van der Waals surface area (Å²) in [5, 5.41) is 0. The van der Waals surface area contributed by atoms with Crippen molar-refractivity contribution in [3.8, 4) is 0 Å². The van der Waals surface area contributed by atoms with Gasteiger partial charge in [-0.25, -0.2) is 0 Å². The Morgan fingerprint density at radius 3 is 1.06 bits per heavy atom. The number of hydrogen-bond donors (Lipinski definition) is 1. The third-order valence-electron chi connectivity index (χ3n) is 4.77. The molecule has 3 rings (SSSR count). The highest BCUT2D eigenvalue weighted by Crippen LogP contribution is 2.46. The van der Waals surface area contributed by atoms with Gasteiger partial charge in [0.15, 0.2) is 0 Å². The molecule has 32 heavy (non-hydrogen) atoms. The van der Waals surface area contributed by atoms with Gasteiger partial charge in [-0.3, -0.25) is 4.55 Å². The molecule has 0 heterocycles. The van der Waals surface area contributed by atoms with Crippen LogP contribution in [-0.2, 0) is 25.9 Å². The first kappa shape index (κ1) is 24.5. The van der Waals surface area contributed by atoms with Crippen LogP contribution >= 0.6 is 22.6 Å². The monoisotopic (exact) mass is 586 g/mol. The molecule has 0 unspecified atom stereocenters. The maximum absolute atomic E-state index is 13.0. The standard InChI is InChI=1S/C21H13F6IO3S/c22-20(23,24)16-5-1-13(2-6-16)19(28,14-3-7-17(8-4-14)21(25,26)27)15-9-11-18(12-10-15)32(29,30)31/h1-12H,(H,29,30,31). The van der Waals surface area contributed by atoms with Crippen LogP contribution in [0.1, 0.15) is 27.8 Å². The van der Waals surface area contributed by atoms with E-state index in [4.69, 9.17) is 0 Å². The van der Waals surface area contributed by atoms with Crippen molar-refractivity contribution in [1.82, 2.24) is 0 Å². The molecule has 3 aromatic rings. The molecule has 3 nitrogen and oxygen atoms in total. The number of rotatable bonds is 4. The smallest absolute Gasteiger partial charge is 0.282 e. The van der Waals surface area contributed by atoms with Crippen LogP contribution in [0.25, 0.3) is 0 Å². The topological polar surface area (TPSA) is 54.4 Å². The van der Waals surface area contributed by atoms with E-state index in [-0.39, 0.29) is 0 Å². The van der Waals surface area contributed by atoms with Gasteiger partial charge >= 0.3 is 12.4 Å². The Morgan fingerprint density at radius 1 is 0.562 bits per heavy atom. The van der Waals surface area contributed by atoms with E-state index in [1.807, 2.05) is 22.6 Å². The van der Waals surface area contributed by atoms with E-state index >= 15 is 0 Å². The lowest BCUT2D eigenvalue weighted by Crippen LogP contribution is -2.22. The highest BCUT2D eigenvalue weighted by molar-refractivity contribution is 14.1. The number of alkyl halides is 7. The van der Waals surface area contributed by atoms with Crippen molar-refractivity contribution in [3.63, 3.8) is 0 Å². The van der Waals surface area contributed by atoms with Crippen molar-refractivity contribution in [2.24, 2.45) is 0 Å². The van der Waals surface area contributed by atoms with Gasteiger partial charge in [-0.1, -0.05) is 59.0 Å². The minimum Gasteiger partial charge on any atom is -0.282 e. The minimum atomic E-state index is -4.57. The molecule has 1 N–H and O–H groups in total. The SMILES string of the molecule is O=S(=O)(O)c1ccc(C(I)(c2ccc(C(F)(F)F)cc2)c2ccc(C(F)(F)F)cc2)cc1. The lowest BCUT2D eigenvalue weighted by Gasteiger charge is -2.30. The fourth-order valence-electron chi connectivity index (χ4n) is 3.13. The summed E-state index contributed by atoms with van der Waals surface area (Å²) in [6.45, 7) is 0. The molecule has 0 amide bonds. The summed E-state index contributed by atoms with van der Waals surface area (Å²) >= 11 is 1.90. The maximum Gasteiger partial charge on any atom is 0.416 e. The molecule has 0 spiro atoms. The Balaban J connectivity index is 2.19. The third-order valence-corrected chi connectivity index (χ3v) is 7.51. The van der Waals surface area contributed by atoms with E-state index in [1.165, 1.54) is 36.4 Å². The van der Waals surface area contributed by atoms with Gasteiger partial charge in [0.05, 0.1) is 19.4 Å². The Bertz CT molecular complexity index is 1140. The zero-order valence-corrected chi connectivity index (χ0v) is 18.7. The molecule has 0 aliphatic carbocycles. The molecule has 0 saturated carbocycles. The van der Waals surface area contributed by atoms with Gasteiger partial charge in [-0.15, -0.1) is 0 Å². The van der Waals surface area contributed by atoms with E-state index in [1.54, 1.807) is 0 Å². The van der Waals surface area contributed by atoms with Gasteiger partial charge in [0.2, 0.25) is 0 Å². The van der Waals surface area contributed by atoms with Crippen LogP contribution in [0.4, 0.5) is 26.3 Å². The van der Waals surface area contributed by atoms with Crippen molar-refractivity contribution >= 4 is 32.7 Å². The second-order valence-electron chi connectivity index (χ2n) is 6.81. The fourth-order valence-corrected chi connectivity index (χ4v) is 4.69. The molecule has 0 aliphatic rings. The lowest BCUT2D eigenvalue weighted by atomic mass is 9.84. The summed E-state index contributed by atoms with van der Waals surface area (Å²) in [6, 6.07) is 13.2. The molecule has 0 radical (unpaired) electrons. The number of halogens is 7. The predicted molar refractivity (Wildman–Crippen MR) is 113 cm³/mol. The van der Waals surface area contributed by atoms with Gasteiger partial charge in [0.1, 0.15) is 0 Å². The third kappa shape index (κ3) is 4.94. The summed E-state index contributed by atoms with van der Waals surface area (Å²) in [6.07, 6.45) is -9.14. The molecule has 0 bridgehead atoms. The number of benzene rings is 3. The molecule has 0 aromatic heterocycles. The molecule has 170 valence electrons. The van der Waals surface area contributed by atoms with Gasteiger partial charge < -0.3 is 0 Å². The zero-order valence-electron chi connectivity index (χ0n) is 15.7. The molecule has 11 heteroatoms. The molecule has 0 fully saturated rings. The molecule has 0 aliphatic heterocycles. The van der Waals surface area contributed by atoms with Crippen LogP contribution in [0.3, 0.4) is 0 Å². The molecule has 0 saturated heterocycles. The number of hydrogen-bond acceptors (Lipinski definition) is 2. The van der Waals surface area contributed by atoms with Crippen LogP contribution in [-0.4, -0.2) is 13.0 Å². The van der Waals surface area contributed by atoms with Gasteiger partial charge in [-0.2, -0.15) is 34.8 Å². The van der Waals surface area contributed by atoms with Gasteiger partial charge in [0, 0.05) is 0 Å². The Hall–Kier alpha value is -2.12. The highest BCUT2D eigenvalue weighted by Gasteiger charge is 2.37. The fraction of sp³-hybridized carbons (Fsp3) is 0.143. The normalized spacial score (nSPS) is 13.2. The maximum atomic E-state index is 13.0. The Morgan fingerprint density at radius 2 is 0.812 bits per heavy atom. The van der Waals surface area contributed by atoms with E-state index in [2.05, 4.69) is 0 Å². The van der Waals surface area contributed by atoms with E-state index < -0.39 is 41.9 Å². The van der Waals surface area contributed by atoms with Crippen molar-refractivity contribution in [3.05, 3.63) is 101 Å².